The maximum atomic E-state index is 11.6. The van der Waals surface area contributed by atoms with Crippen molar-refractivity contribution in [2.45, 2.75) is 6.42 Å². The molecule has 15 heavy (non-hydrogen) atoms. The Balaban J connectivity index is 2.40. The molecule has 0 radical (unpaired) electrons. The number of aromatic nitrogens is 1. The highest BCUT2D eigenvalue weighted by Gasteiger charge is 2.04. The van der Waals surface area contributed by atoms with Gasteiger partial charge in [-0.2, -0.15) is 0 Å². The molecule has 1 aromatic heterocycles. The average molecular weight is 272 g/mol. The summed E-state index contributed by atoms with van der Waals surface area (Å²) in [7, 11) is 1.89. The quantitative estimate of drug-likeness (QED) is 0.791. The summed E-state index contributed by atoms with van der Waals surface area (Å²) < 4.78 is 0.811. The number of hydrogen-bond acceptors (Lipinski definition) is 3. The molecular weight excluding hydrogens is 258 g/mol. The summed E-state index contributed by atoms with van der Waals surface area (Å²) in [6, 6.07) is 1.75. The van der Waals surface area contributed by atoms with E-state index in [0.717, 1.165) is 17.4 Å². The normalized spacial score (nSPS) is 10.0. The molecule has 0 fully saturated rings. The molecule has 1 amide bonds. The van der Waals surface area contributed by atoms with Crippen LogP contribution in [0.4, 0.5) is 0 Å². The van der Waals surface area contributed by atoms with Crippen molar-refractivity contribution in [2.75, 3.05) is 20.1 Å². The molecule has 0 aliphatic heterocycles. The molecule has 1 aromatic rings. The first-order valence-corrected chi connectivity index (χ1v) is 5.56. The van der Waals surface area contributed by atoms with Gasteiger partial charge < -0.3 is 10.6 Å². The van der Waals surface area contributed by atoms with Crippen LogP contribution in [0, 0.1) is 0 Å². The lowest BCUT2D eigenvalue weighted by atomic mass is 10.2. The number of pyridine rings is 1. The third-order valence-corrected chi connectivity index (χ3v) is 2.29. The molecule has 1 heterocycles. The molecule has 0 unspecified atom stereocenters. The number of carbonyl (C=O) groups excluding carboxylic acids is 1. The molecule has 0 spiro atoms. The van der Waals surface area contributed by atoms with E-state index < -0.39 is 0 Å². The van der Waals surface area contributed by atoms with Crippen molar-refractivity contribution in [3.8, 4) is 0 Å². The lowest BCUT2D eigenvalue weighted by molar-refractivity contribution is 0.0953. The Morgan fingerprint density at radius 2 is 2.27 bits per heavy atom. The van der Waals surface area contributed by atoms with Crippen LogP contribution in [-0.4, -0.2) is 31.0 Å². The van der Waals surface area contributed by atoms with Gasteiger partial charge in [-0.25, -0.2) is 0 Å². The van der Waals surface area contributed by atoms with Gasteiger partial charge in [-0.15, -0.1) is 0 Å². The summed E-state index contributed by atoms with van der Waals surface area (Å²) in [6.45, 7) is 1.57. The van der Waals surface area contributed by atoms with E-state index in [2.05, 4.69) is 31.5 Å². The molecule has 0 saturated carbocycles. The predicted octanol–water partition coefficient (Wildman–Crippen LogP) is 1.18. The van der Waals surface area contributed by atoms with E-state index in [9.17, 15) is 4.79 Å². The van der Waals surface area contributed by atoms with Crippen molar-refractivity contribution in [3.05, 3.63) is 28.5 Å². The summed E-state index contributed by atoms with van der Waals surface area (Å²) in [5, 5.41) is 5.84. The maximum absolute atomic E-state index is 11.6. The molecule has 0 aliphatic rings. The van der Waals surface area contributed by atoms with Crippen LogP contribution in [0.1, 0.15) is 16.8 Å². The first kappa shape index (κ1) is 12.1. The Morgan fingerprint density at radius 3 is 2.93 bits per heavy atom. The Kier molecular flexibility index (Phi) is 5.28. The zero-order valence-corrected chi connectivity index (χ0v) is 10.2. The highest BCUT2D eigenvalue weighted by molar-refractivity contribution is 9.10. The first-order chi connectivity index (χ1) is 7.24. The number of nitrogens with one attached hydrogen (secondary N) is 2. The minimum absolute atomic E-state index is 0.0834. The van der Waals surface area contributed by atoms with Gasteiger partial charge in [0.1, 0.15) is 0 Å². The van der Waals surface area contributed by atoms with Crippen LogP contribution in [0.15, 0.2) is 22.9 Å². The van der Waals surface area contributed by atoms with Gasteiger partial charge in [0.15, 0.2) is 0 Å². The smallest absolute Gasteiger partial charge is 0.252 e. The van der Waals surface area contributed by atoms with Gasteiger partial charge in [0.05, 0.1) is 5.56 Å². The van der Waals surface area contributed by atoms with Crippen molar-refractivity contribution in [2.24, 2.45) is 0 Å². The standard InChI is InChI=1S/C10H14BrN3O/c1-12-3-2-4-14-10(15)8-5-9(11)7-13-6-8/h5-7,12H,2-4H2,1H3,(H,14,15). The minimum Gasteiger partial charge on any atom is -0.352 e. The number of amides is 1. The third kappa shape index (κ3) is 4.40. The van der Waals surface area contributed by atoms with Crippen molar-refractivity contribution in [1.82, 2.24) is 15.6 Å². The van der Waals surface area contributed by atoms with Gasteiger partial charge in [-0.05, 0) is 42.0 Å². The van der Waals surface area contributed by atoms with E-state index >= 15 is 0 Å². The molecule has 0 aliphatic carbocycles. The lowest BCUT2D eigenvalue weighted by Crippen LogP contribution is -2.26. The fourth-order valence-electron chi connectivity index (χ4n) is 1.11. The molecule has 4 nitrogen and oxygen atoms in total. The van der Waals surface area contributed by atoms with Crippen molar-refractivity contribution < 1.29 is 4.79 Å². The molecule has 5 heteroatoms. The molecule has 82 valence electrons. The Hall–Kier alpha value is -0.940. The molecular formula is C10H14BrN3O. The SMILES string of the molecule is CNCCCNC(=O)c1cncc(Br)c1. The van der Waals surface area contributed by atoms with Gasteiger partial charge in [0.25, 0.3) is 5.91 Å². The number of nitrogens with zero attached hydrogens (tertiary/aromatic N) is 1. The zero-order valence-electron chi connectivity index (χ0n) is 8.59. The first-order valence-electron chi connectivity index (χ1n) is 4.77. The van der Waals surface area contributed by atoms with Gasteiger partial charge in [-0.3, -0.25) is 9.78 Å². The molecule has 0 atom stereocenters. The fraction of sp³-hybridized carbons (Fsp3) is 0.400. The molecule has 2 N–H and O–H groups in total. The highest BCUT2D eigenvalue weighted by atomic mass is 79.9. The summed E-state index contributed by atoms with van der Waals surface area (Å²) in [5.41, 5.74) is 0.578. The van der Waals surface area contributed by atoms with Crippen LogP contribution in [0.3, 0.4) is 0 Å². The minimum atomic E-state index is -0.0834. The van der Waals surface area contributed by atoms with E-state index in [-0.39, 0.29) is 5.91 Å². The number of halogens is 1. The molecule has 0 aromatic carbocycles. The van der Waals surface area contributed by atoms with E-state index in [1.807, 2.05) is 7.05 Å². The number of hydrogen-bond donors (Lipinski definition) is 2. The van der Waals surface area contributed by atoms with Crippen LogP contribution in [0.2, 0.25) is 0 Å². The summed E-state index contributed by atoms with van der Waals surface area (Å²) >= 11 is 3.27. The molecule has 0 bridgehead atoms. The Morgan fingerprint density at radius 1 is 1.47 bits per heavy atom. The van der Waals surface area contributed by atoms with Crippen LogP contribution in [0.25, 0.3) is 0 Å². The van der Waals surface area contributed by atoms with E-state index in [1.165, 1.54) is 0 Å². The van der Waals surface area contributed by atoms with E-state index in [1.54, 1.807) is 18.5 Å². The monoisotopic (exact) mass is 271 g/mol. The summed E-state index contributed by atoms with van der Waals surface area (Å²) in [5.74, 6) is -0.0834. The van der Waals surface area contributed by atoms with Gasteiger partial charge in [0, 0.05) is 23.4 Å². The summed E-state index contributed by atoms with van der Waals surface area (Å²) in [4.78, 5) is 15.5. The topological polar surface area (TPSA) is 54.0 Å². The Bertz CT molecular complexity index is 330. The van der Waals surface area contributed by atoms with Crippen LogP contribution < -0.4 is 10.6 Å². The average Bonchev–Trinajstić information content (AvgIpc) is 2.24. The molecule has 0 saturated heterocycles. The third-order valence-electron chi connectivity index (χ3n) is 1.86. The second kappa shape index (κ2) is 6.53. The maximum Gasteiger partial charge on any atom is 0.252 e. The van der Waals surface area contributed by atoms with Gasteiger partial charge in [0.2, 0.25) is 0 Å². The second-order valence-corrected chi connectivity index (χ2v) is 4.02. The summed E-state index contributed by atoms with van der Waals surface area (Å²) in [6.07, 6.45) is 4.12. The molecule has 1 rings (SSSR count). The predicted molar refractivity (Wildman–Crippen MR) is 62.8 cm³/mol. The zero-order chi connectivity index (χ0) is 11.1. The number of rotatable bonds is 5. The van der Waals surface area contributed by atoms with E-state index in [0.29, 0.717) is 12.1 Å². The van der Waals surface area contributed by atoms with Crippen LogP contribution in [0.5, 0.6) is 0 Å². The van der Waals surface area contributed by atoms with Crippen molar-refractivity contribution >= 4 is 21.8 Å². The van der Waals surface area contributed by atoms with Crippen LogP contribution >= 0.6 is 15.9 Å². The highest BCUT2D eigenvalue weighted by Crippen LogP contribution is 2.09. The van der Waals surface area contributed by atoms with Gasteiger partial charge >= 0.3 is 0 Å². The number of carbonyl (C=O) groups is 1. The lowest BCUT2D eigenvalue weighted by Gasteiger charge is -2.04. The van der Waals surface area contributed by atoms with Gasteiger partial charge in [-0.1, -0.05) is 0 Å². The largest absolute Gasteiger partial charge is 0.352 e. The van der Waals surface area contributed by atoms with Crippen LogP contribution in [-0.2, 0) is 0 Å². The fourth-order valence-corrected chi connectivity index (χ4v) is 1.47. The van der Waals surface area contributed by atoms with Crippen molar-refractivity contribution in [1.29, 1.82) is 0 Å². The van der Waals surface area contributed by atoms with Crippen molar-refractivity contribution in [3.63, 3.8) is 0 Å². The second-order valence-electron chi connectivity index (χ2n) is 3.10. The Labute approximate surface area is 97.6 Å². The van der Waals surface area contributed by atoms with E-state index in [4.69, 9.17) is 0 Å².